The molecular weight excluding hydrogens is 313 g/mol. The molecule has 2 rings (SSSR count). The molecule has 0 heterocycles. The SMILES string of the molecule is CCC(NC(=O)Cc1ccc(Cl)cc1F)c1ccc(C)c(C)c1. The minimum atomic E-state index is -0.452. The number of carbonyl (C=O) groups excluding carboxylic acids is 1. The molecule has 2 aromatic carbocycles. The van der Waals surface area contributed by atoms with E-state index in [2.05, 4.69) is 31.3 Å². The van der Waals surface area contributed by atoms with Crippen molar-refractivity contribution in [1.29, 1.82) is 0 Å². The van der Waals surface area contributed by atoms with Crippen LogP contribution in [0.25, 0.3) is 0 Å². The van der Waals surface area contributed by atoms with Crippen LogP contribution >= 0.6 is 11.6 Å². The van der Waals surface area contributed by atoms with Crippen LogP contribution in [0.1, 0.15) is 41.6 Å². The Bertz CT molecular complexity index is 715. The summed E-state index contributed by atoms with van der Waals surface area (Å²) >= 11 is 5.73. The van der Waals surface area contributed by atoms with Gasteiger partial charge in [0.2, 0.25) is 5.91 Å². The molecule has 4 heteroatoms. The summed E-state index contributed by atoms with van der Waals surface area (Å²) in [6.07, 6.45) is 0.779. The monoisotopic (exact) mass is 333 g/mol. The van der Waals surface area contributed by atoms with Crippen molar-refractivity contribution in [1.82, 2.24) is 5.32 Å². The van der Waals surface area contributed by atoms with Crippen LogP contribution in [0.2, 0.25) is 5.02 Å². The number of nitrogens with one attached hydrogen (secondary N) is 1. The zero-order chi connectivity index (χ0) is 17.0. The second-order valence-electron chi connectivity index (χ2n) is 5.78. The van der Waals surface area contributed by atoms with Gasteiger partial charge in [-0.15, -0.1) is 0 Å². The first-order valence-electron chi connectivity index (χ1n) is 7.71. The summed E-state index contributed by atoms with van der Waals surface area (Å²) in [5.41, 5.74) is 3.83. The lowest BCUT2D eigenvalue weighted by molar-refractivity contribution is -0.121. The lowest BCUT2D eigenvalue weighted by Crippen LogP contribution is -2.29. The lowest BCUT2D eigenvalue weighted by Gasteiger charge is -2.19. The van der Waals surface area contributed by atoms with Crippen molar-refractivity contribution in [2.75, 3.05) is 0 Å². The smallest absolute Gasteiger partial charge is 0.225 e. The van der Waals surface area contributed by atoms with E-state index in [4.69, 9.17) is 11.6 Å². The second kappa shape index (κ2) is 7.60. The van der Waals surface area contributed by atoms with E-state index in [9.17, 15) is 9.18 Å². The first-order chi connectivity index (χ1) is 10.9. The van der Waals surface area contributed by atoms with E-state index < -0.39 is 5.82 Å². The van der Waals surface area contributed by atoms with Crippen LogP contribution in [-0.4, -0.2) is 5.91 Å². The molecule has 1 amide bonds. The third-order valence-corrected chi connectivity index (χ3v) is 4.28. The fraction of sp³-hybridized carbons (Fsp3) is 0.316. The molecule has 0 radical (unpaired) electrons. The number of hydrogen-bond donors (Lipinski definition) is 1. The number of amides is 1. The van der Waals surface area contributed by atoms with Crippen molar-refractivity contribution in [3.63, 3.8) is 0 Å². The Morgan fingerprint density at radius 3 is 2.52 bits per heavy atom. The molecule has 122 valence electrons. The largest absolute Gasteiger partial charge is 0.349 e. The van der Waals surface area contributed by atoms with Crippen LogP contribution in [0.5, 0.6) is 0 Å². The van der Waals surface area contributed by atoms with Crippen LogP contribution in [0.15, 0.2) is 36.4 Å². The molecule has 0 aromatic heterocycles. The van der Waals surface area contributed by atoms with Gasteiger partial charge in [0.05, 0.1) is 12.5 Å². The second-order valence-corrected chi connectivity index (χ2v) is 6.22. The van der Waals surface area contributed by atoms with Gasteiger partial charge in [-0.25, -0.2) is 4.39 Å². The predicted molar refractivity (Wildman–Crippen MR) is 92.2 cm³/mol. The molecule has 0 aliphatic rings. The molecule has 0 saturated heterocycles. The molecule has 0 aliphatic heterocycles. The molecule has 0 bridgehead atoms. The van der Waals surface area contributed by atoms with Crippen molar-refractivity contribution in [2.45, 2.75) is 39.7 Å². The minimum absolute atomic E-state index is 0.00431. The predicted octanol–water partition coefficient (Wildman–Crippen LogP) is 4.91. The summed E-state index contributed by atoms with van der Waals surface area (Å²) in [4.78, 5) is 12.2. The van der Waals surface area contributed by atoms with Crippen LogP contribution in [0.4, 0.5) is 4.39 Å². The van der Waals surface area contributed by atoms with E-state index >= 15 is 0 Å². The highest BCUT2D eigenvalue weighted by Gasteiger charge is 2.15. The number of carbonyl (C=O) groups is 1. The first kappa shape index (κ1) is 17.5. The molecule has 0 spiro atoms. The van der Waals surface area contributed by atoms with Gasteiger partial charge in [-0.05, 0) is 54.7 Å². The maximum Gasteiger partial charge on any atom is 0.225 e. The fourth-order valence-corrected chi connectivity index (χ4v) is 2.64. The average molecular weight is 334 g/mol. The number of rotatable bonds is 5. The standard InChI is InChI=1S/C19H21ClFNO/c1-4-18(15-6-5-12(2)13(3)9-15)22-19(23)10-14-7-8-16(20)11-17(14)21/h5-9,11,18H,4,10H2,1-3H3,(H,22,23). The highest BCUT2D eigenvalue weighted by atomic mass is 35.5. The quantitative estimate of drug-likeness (QED) is 0.828. The zero-order valence-electron chi connectivity index (χ0n) is 13.6. The van der Waals surface area contributed by atoms with Crippen molar-refractivity contribution in [2.24, 2.45) is 0 Å². The van der Waals surface area contributed by atoms with E-state index in [-0.39, 0.29) is 18.4 Å². The molecule has 1 unspecified atom stereocenters. The van der Waals surface area contributed by atoms with E-state index in [1.165, 1.54) is 17.2 Å². The molecule has 1 atom stereocenters. The topological polar surface area (TPSA) is 29.1 Å². The number of benzene rings is 2. The van der Waals surface area contributed by atoms with Crippen molar-refractivity contribution < 1.29 is 9.18 Å². The van der Waals surface area contributed by atoms with E-state index in [0.29, 0.717) is 10.6 Å². The number of hydrogen-bond acceptors (Lipinski definition) is 1. The Morgan fingerprint density at radius 1 is 1.17 bits per heavy atom. The molecule has 0 saturated carbocycles. The lowest BCUT2D eigenvalue weighted by atomic mass is 9.99. The van der Waals surface area contributed by atoms with Gasteiger partial charge in [0.1, 0.15) is 5.82 Å². The van der Waals surface area contributed by atoms with Crippen molar-refractivity contribution in [3.05, 3.63) is 69.5 Å². The summed E-state index contributed by atoms with van der Waals surface area (Å²) in [6, 6.07) is 10.5. The molecule has 0 aliphatic carbocycles. The first-order valence-corrected chi connectivity index (χ1v) is 8.09. The van der Waals surface area contributed by atoms with E-state index in [0.717, 1.165) is 12.0 Å². The van der Waals surface area contributed by atoms with Crippen LogP contribution in [0.3, 0.4) is 0 Å². The average Bonchev–Trinajstić information content (AvgIpc) is 2.50. The Hall–Kier alpha value is -1.87. The van der Waals surface area contributed by atoms with E-state index in [1.807, 2.05) is 13.0 Å². The molecule has 23 heavy (non-hydrogen) atoms. The zero-order valence-corrected chi connectivity index (χ0v) is 14.4. The van der Waals surface area contributed by atoms with Gasteiger partial charge in [-0.2, -0.15) is 0 Å². The summed E-state index contributed by atoms with van der Waals surface area (Å²) in [6.45, 7) is 6.13. The maximum absolute atomic E-state index is 13.8. The molecule has 0 fully saturated rings. The van der Waals surface area contributed by atoms with Gasteiger partial charge < -0.3 is 5.32 Å². The third-order valence-electron chi connectivity index (χ3n) is 4.04. The van der Waals surface area contributed by atoms with Gasteiger partial charge >= 0.3 is 0 Å². The summed E-state index contributed by atoms with van der Waals surface area (Å²) < 4.78 is 13.8. The highest BCUT2D eigenvalue weighted by molar-refractivity contribution is 6.30. The Balaban J connectivity index is 2.08. The Labute approximate surface area is 141 Å². The van der Waals surface area contributed by atoms with Gasteiger partial charge in [0.25, 0.3) is 0 Å². The minimum Gasteiger partial charge on any atom is -0.349 e. The molecular formula is C19H21ClFNO. The fourth-order valence-electron chi connectivity index (χ4n) is 2.49. The normalized spacial score (nSPS) is 12.0. The van der Waals surface area contributed by atoms with Crippen LogP contribution in [-0.2, 0) is 11.2 Å². The highest BCUT2D eigenvalue weighted by Crippen LogP contribution is 2.20. The Morgan fingerprint density at radius 2 is 1.91 bits per heavy atom. The van der Waals surface area contributed by atoms with Gasteiger partial charge in [0.15, 0.2) is 0 Å². The third kappa shape index (κ3) is 4.55. The number of aryl methyl sites for hydroxylation is 2. The molecule has 1 N–H and O–H groups in total. The summed E-state index contributed by atoms with van der Waals surface area (Å²) in [5.74, 6) is -0.650. The van der Waals surface area contributed by atoms with Gasteiger partial charge in [0, 0.05) is 5.02 Å². The number of halogens is 2. The van der Waals surface area contributed by atoms with Crippen molar-refractivity contribution >= 4 is 17.5 Å². The molecule has 2 nitrogen and oxygen atoms in total. The summed E-state index contributed by atoms with van der Waals surface area (Å²) in [5, 5.41) is 3.31. The van der Waals surface area contributed by atoms with E-state index in [1.54, 1.807) is 12.1 Å². The van der Waals surface area contributed by atoms with Crippen LogP contribution < -0.4 is 5.32 Å². The summed E-state index contributed by atoms with van der Waals surface area (Å²) in [7, 11) is 0. The molecule has 2 aromatic rings. The van der Waals surface area contributed by atoms with Gasteiger partial charge in [-0.1, -0.05) is 42.8 Å². The maximum atomic E-state index is 13.8. The van der Waals surface area contributed by atoms with Crippen LogP contribution in [0, 0.1) is 19.7 Å². The van der Waals surface area contributed by atoms with Crippen molar-refractivity contribution in [3.8, 4) is 0 Å². The van der Waals surface area contributed by atoms with Gasteiger partial charge in [-0.3, -0.25) is 4.79 Å². The Kier molecular flexibility index (Phi) is 5.78.